The Labute approximate surface area is 124 Å². The average molecular weight is 287 g/mol. The second-order valence-electron chi connectivity index (χ2n) is 4.85. The lowest BCUT2D eigenvalue weighted by atomic mass is 10.1. The van der Waals surface area contributed by atoms with Gasteiger partial charge < -0.3 is 10.5 Å². The lowest BCUT2D eigenvalue weighted by molar-refractivity contribution is 0.0527. The fourth-order valence-electron chi connectivity index (χ4n) is 2.11. The van der Waals surface area contributed by atoms with Crippen LogP contribution in [0, 0.1) is 0 Å². The average Bonchev–Trinajstić information content (AvgIpc) is 2.88. The van der Waals surface area contributed by atoms with Crippen molar-refractivity contribution in [3.63, 3.8) is 0 Å². The molecule has 0 unspecified atom stereocenters. The molecule has 5 heteroatoms. The van der Waals surface area contributed by atoms with Gasteiger partial charge in [-0.1, -0.05) is 25.5 Å². The molecule has 2 rings (SSSR count). The number of carbonyl (C=O) groups excluding carboxylic acids is 1. The highest BCUT2D eigenvalue weighted by Gasteiger charge is 2.16. The Morgan fingerprint density at radius 1 is 1.29 bits per heavy atom. The first-order valence-corrected chi connectivity index (χ1v) is 7.27. The highest BCUT2D eigenvalue weighted by Crippen LogP contribution is 2.19. The third-order valence-electron chi connectivity index (χ3n) is 3.30. The normalized spacial score (nSPS) is 10.6. The van der Waals surface area contributed by atoms with Gasteiger partial charge in [-0.3, -0.25) is 0 Å². The molecule has 5 nitrogen and oxygen atoms in total. The smallest absolute Gasteiger partial charge is 0.343 e. The minimum atomic E-state index is -0.444. The van der Waals surface area contributed by atoms with Crippen molar-refractivity contribution in [3.05, 3.63) is 41.6 Å². The number of benzene rings is 1. The molecule has 21 heavy (non-hydrogen) atoms. The van der Waals surface area contributed by atoms with E-state index in [0.717, 1.165) is 12.1 Å². The predicted molar refractivity (Wildman–Crippen MR) is 82.5 cm³/mol. The summed E-state index contributed by atoms with van der Waals surface area (Å²) in [5.41, 5.74) is 8.41. The summed E-state index contributed by atoms with van der Waals surface area (Å²) < 4.78 is 6.50. The van der Waals surface area contributed by atoms with Gasteiger partial charge in [-0.2, -0.15) is 5.10 Å². The van der Waals surface area contributed by atoms with E-state index >= 15 is 0 Å². The van der Waals surface area contributed by atoms with Crippen molar-refractivity contribution in [2.45, 2.75) is 33.1 Å². The predicted octanol–water partition coefficient (Wildman–Crippen LogP) is 2.97. The van der Waals surface area contributed by atoms with Crippen LogP contribution in [0.3, 0.4) is 0 Å². The first kappa shape index (κ1) is 15.1. The Morgan fingerprint density at radius 2 is 2.00 bits per heavy atom. The van der Waals surface area contributed by atoms with Crippen LogP contribution in [0.25, 0.3) is 5.69 Å². The molecule has 0 fully saturated rings. The van der Waals surface area contributed by atoms with E-state index in [0.29, 0.717) is 18.0 Å². The van der Waals surface area contributed by atoms with E-state index in [2.05, 4.69) is 24.2 Å². The number of anilines is 1. The highest BCUT2D eigenvalue weighted by atomic mass is 16.5. The van der Waals surface area contributed by atoms with Crippen LogP contribution >= 0.6 is 0 Å². The first-order valence-electron chi connectivity index (χ1n) is 7.27. The molecule has 0 aliphatic rings. The number of hydrogen-bond donors (Lipinski definition) is 1. The molecule has 0 saturated carbocycles. The van der Waals surface area contributed by atoms with Crippen molar-refractivity contribution in [3.8, 4) is 5.69 Å². The number of aromatic nitrogens is 2. The quantitative estimate of drug-likeness (QED) is 0.829. The summed E-state index contributed by atoms with van der Waals surface area (Å²) in [5.74, 6) is -0.143. The number of aryl methyl sites for hydroxylation is 1. The zero-order valence-corrected chi connectivity index (χ0v) is 12.5. The maximum absolute atomic E-state index is 11.7. The molecule has 0 amide bonds. The SMILES string of the molecule is CCCCc1ccc(-n2ncc(C(=O)OCC)c2N)cc1. The van der Waals surface area contributed by atoms with Crippen LogP contribution in [0.15, 0.2) is 30.5 Å². The van der Waals surface area contributed by atoms with Gasteiger partial charge in [0, 0.05) is 0 Å². The van der Waals surface area contributed by atoms with Gasteiger partial charge in [0.25, 0.3) is 0 Å². The molecule has 0 radical (unpaired) electrons. The van der Waals surface area contributed by atoms with E-state index in [1.807, 2.05) is 12.1 Å². The number of rotatable bonds is 6. The van der Waals surface area contributed by atoms with Gasteiger partial charge in [0.05, 0.1) is 18.5 Å². The summed E-state index contributed by atoms with van der Waals surface area (Å²) in [6.07, 6.45) is 4.87. The van der Waals surface area contributed by atoms with Gasteiger partial charge in [-0.25, -0.2) is 9.48 Å². The van der Waals surface area contributed by atoms with Crippen LogP contribution in [0.1, 0.15) is 42.6 Å². The zero-order valence-electron chi connectivity index (χ0n) is 12.5. The van der Waals surface area contributed by atoms with Crippen molar-refractivity contribution < 1.29 is 9.53 Å². The Kier molecular flexibility index (Phi) is 4.98. The second-order valence-corrected chi connectivity index (χ2v) is 4.85. The first-order chi connectivity index (χ1) is 10.2. The highest BCUT2D eigenvalue weighted by molar-refractivity contribution is 5.94. The summed E-state index contributed by atoms with van der Waals surface area (Å²) in [7, 11) is 0. The minimum Gasteiger partial charge on any atom is -0.462 e. The second kappa shape index (κ2) is 6.92. The molecule has 1 aromatic heterocycles. The summed E-state index contributed by atoms with van der Waals surface area (Å²) in [4.78, 5) is 11.7. The van der Waals surface area contributed by atoms with Crippen LogP contribution in [-0.2, 0) is 11.2 Å². The van der Waals surface area contributed by atoms with Crippen LogP contribution in [-0.4, -0.2) is 22.4 Å². The van der Waals surface area contributed by atoms with E-state index in [9.17, 15) is 4.79 Å². The number of carbonyl (C=O) groups is 1. The van der Waals surface area contributed by atoms with Gasteiger partial charge >= 0.3 is 5.97 Å². The van der Waals surface area contributed by atoms with E-state index in [4.69, 9.17) is 10.5 Å². The number of unbranched alkanes of at least 4 members (excludes halogenated alkanes) is 1. The zero-order chi connectivity index (χ0) is 15.2. The molecule has 2 aromatic rings. The Hall–Kier alpha value is -2.30. The molecule has 0 aliphatic heterocycles. The third kappa shape index (κ3) is 3.42. The molecular formula is C16H21N3O2. The standard InChI is InChI=1S/C16H21N3O2/c1-3-5-6-12-7-9-13(10-8-12)19-15(17)14(11-18-19)16(20)21-4-2/h7-11H,3-6,17H2,1-2H3. The van der Waals surface area contributed by atoms with Crippen molar-refractivity contribution in [1.82, 2.24) is 9.78 Å². The number of nitrogens with zero attached hydrogens (tertiary/aromatic N) is 2. The number of nitrogen functional groups attached to an aromatic ring is 1. The van der Waals surface area contributed by atoms with Crippen molar-refractivity contribution in [1.29, 1.82) is 0 Å². The Morgan fingerprint density at radius 3 is 2.62 bits per heavy atom. The third-order valence-corrected chi connectivity index (χ3v) is 3.30. The van der Waals surface area contributed by atoms with Crippen molar-refractivity contribution >= 4 is 11.8 Å². The molecule has 1 aromatic carbocycles. The van der Waals surface area contributed by atoms with E-state index in [1.165, 1.54) is 24.6 Å². The topological polar surface area (TPSA) is 70.1 Å². The lowest BCUT2D eigenvalue weighted by Gasteiger charge is -2.06. The Bertz CT molecular complexity index is 602. The molecule has 2 N–H and O–H groups in total. The number of ether oxygens (including phenoxy) is 1. The lowest BCUT2D eigenvalue weighted by Crippen LogP contribution is -2.09. The summed E-state index contributed by atoms with van der Waals surface area (Å²) >= 11 is 0. The van der Waals surface area contributed by atoms with Crippen LogP contribution in [0.4, 0.5) is 5.82 Å². The van der Waals surface area contributed by atoms with Crippen LogP contribution in [0.5, 0.6) is 0 Å². The maximum Gasteiger partial charge on any atom is 0.343 e. The van der Waals surface area contributed by atoms with Crippen molar-refractivity contribution in [2.75, 3.05) is 12.3 Å². The van der Waals surface area contributed by atoms with Gasteiger partial charge in [-0.05, 0) is 37.5 Å². The summed E-state index contributed by atoms with van der Waals surface area (Å²) in [5, 5.41) is 4.17. The number of nitrogens with two attached hydrogens (primary N) is 1. The monoisotopic (exact) mass is 287 g/mol. The molecule has 1 heterocycles. The van der Waals surface area contributed by atoms with E-state index in [1.54, 1.807) is 11.6 Å². The Balaban J connectivity index is 2.20. The van der Waals surface area contributed by atoms with E-state index < -0.39 is 5.97 Å². The maximum atomic E-state index is 11.7. The largest absolute Gasteiger partial charge is 0.462 e. The van der Waals surface area contributed by atoms with Gasteiger partial charge in [-0.15, -0.1) is 0 Å². The molecule has 0 atom stereocenters. The molecule has 0 saturated heterocycles. The number of hydrogen-bond acceptors (Lipinski definition) is 4. The molecular weight excluding hydrogens is 266 g/mol. The number of esters is 1. The van der Waals surface area contributed by atoms with E-state index in [-0.39, 0.29) is 0 Å². The fraction of sp³-hybridized carbons (Fsp3) is 0.375. The molecule has 0 bridgehead atoms. The fourth-order valence-corrected chi connectivity index (χ4v) is 2.11. The minimum absolute atomic E-state index is 0.298. The molecule has 112 valence electrons. The van der Waals surface area contributed by atoms with Gasteiger partial charge in [0.2, 0.25) is 0 Å². The van der Waals surface area contributed by atoms with Crippen LogP contribution in [0.2, 0.25) is 0 Å². The molecule has 0 spiro atoms. The summed E-state index contributed by atoms with van der Waals surface area (Å²) in [6.45, 7) is 4.25. The van der Waals surface area contributed by atoms with Gasteiger partial charge in [0.1, 0.15) is 11.4 Å². The van der Waals surface area contributed by atoms with Crippen LogP contribution < -0.4 is 5.73 Å². The summed E-state index contributed by atoms with van der Waals surface area (Å²) in [6, 6.07) is 8.05. The molecule has 0 aliphatic carbocycles. The van der Waals surface area contributed by atoms with Gasteiger partial charge in [0.15, 0.2) is 0 Å². The van der Waals surface area contributed by atoms with Crippen molar-refractivity contribution in [2.24, 2.45) is 0 Å².